The van der Waals surface area contributed by atoms with Crippen molar-refractivity contribution in [3.8, 4) is 12.3 Å². The number of ether oxygens (including phenoxy) is 1. The van der Waals surface area contributed by atoms with E-state index in [2.05, 4.69) is 5.92 Å². The lowest BCUT2D eigenvalue weighted by Gasteiger charge is -2.54. The summed E-state index contributed by atoms with van der Waals surface area (Å²) in [5.41, 5.74) is -0.581. The summed E-state index contributed by atoms with van der Waals surface area (Å²) in [4.78, 5) is 0. The van der Waals surface area contributed by atoms with Gasteiger partial charge in [0.1, 0.15) is 6.61 Å². The van der Waals surface area contributed by atoms with Gasteiger partial charge in [0, 0.05) is 12.8 Å². The van der Waals surface area contributed by atoms with E-state index in [-0.39, 0.29) is 17.2 Å². The highest BCUT2D eigenvalue weighted by Crippen LogP contribution is 2.25. The molecule has 1 saturated heterocycles. The Morgan fingerprint density at radius 2 is 1.80 bits per heavy atom. The number of hydroxylamine groups is 2. The van der Waals surface area contributed by atoms with Gasteiger partial charge < -0.3 is 15.0 Å². The van der Waals surface area contributed by atoms with Gasteiger partial charge in [-0.2, -0.15) is 0 Å². The number of piperidine rings is 1. The SMILES string of the molecule is C#CCOC1CC(C)(C)[NH+]([O-])C(C)(C)C1. The van der Waals surface area contributed by atoms with E-state index in [1.807, 2.05) is 27.7 Å². The summed E-state index contributed by atoms with van der Waals surface area (Å²) in [7, 11) is 0. The molecular formula is C12H21NO2. The summed E-state index contributed by atoms with van der Waals surface area (Å²) in [5, 5.41) is 12.4. The van der Waals surface area contributed by atoms with Crippen LogP contribution in [0.15, 0.2) is 0 Å². The minimum Gasteiger partial charge on any atom is -0.634 e. The number of quaternary nitrogens is 1. The summed E-state index contributed by atoms with van der Waals surface area (Å²) in [6.45, 7) is 8.29. The number of terminal acetylenes is 1. The van der Waals surface area contributed by atoms with Crippen LogP contribution in [0.25, 0.3) is 0 Å². The predicted octanol–water partition coefficient (Wildman–Crippen LogP) is 0.739. The van der Waals surface area contributed by atoms with Crippen molar-refractivity contribution < 1.29 is 9.80 Å². The molecule has 0 spiro atoms. The van der Waals surface area contributed by atoms with Crippen molar-refractivity contribution in [2.45, 2.75) is 57.7 Å². The van der Waals surface area contributed by atoms with Gasteiger partial charge in [0.05, 0.1) is 17.2 Å². The van der Waals surface area contributed by atoms with E-state index in [0.717, 1.165) is 12.8 Å². The molecule has 0 saturated carbocycles. The number of hydrogen-bond acceptors (Lipinski definition) is 2. The van der Waals surface area contributed by atoms with Crippen LogP contribution in [0.5, 0.6) is 0 Å². The van der Waals surface area contributed by atoms with E-state index in [9.17, 15) is 5.21 Å². The number of hydrogen-bond donors (Lipinski definition) is 1. The highest BCUT2D eigenvalue weighted by molar-refractivity contribution is 4.89. The molecule has 1 aliphatic heterocycles. The van der Waals surface area contributed by atoms with Crippen LogP contribution in [0.3, 0.4) is 0 Å². The maximum Gasteiger partial charge on any atom is 0.107 e. The van der Waals surface area contributed by atoms with E-state index in [4.69, 9.17) is 11.2 Å². The Balaban J connectivity index is 2.71. The van der Waals surface area contributed by atoms with E-state index < -0.39 is 0 Å². The Morgan fingerprint density at radius 3 is 2.20 bits per heavy atom. The van der Waals surface area contributed by atoms with Gasteiger partial charge in [-0.1, -0.05) is 5.92 Å². The third-order valence-electron chi connectivity index (χ3n) is 3.11. The lowest BCUT2D eigenvalue weighted by atomic mass is 9.80. The van der Waals surface area contributed by atoms with E-state index in [1.54, 1.807) is 0 Å². The first-order chi connectivity index (χ1) is 6.79. The zero-order valence-electron chi connectivity index (χ0n) is 10.1. The van der Waals surface area contributed by atoms with Gasteiger partial charge in [-0.3, -0.25) is 0 Å². The second kappa shape index (κ2) is 4.13. The van der Waals surface area contributed by atoms with Crippen LogP contribution in [-0.4, -0.2) is 23.8 Å². The molecule has 0 atom stereocenters. The predicted molar refractivity (Wildman–Crippen MR) is 60.3 cm³/mol. The normalized spacial score (nSPS) is 33.3. The van der Waals surface area contributed by atoms with Crippen molar-refractivity contribution in [3.05, 3.63) is 5.21 Å². The molecule has 3 heteroatoms. The highest BCUT2D eigenvalue weighted by Gasteiger charge is 2.45. The second-order valence-corrected chi connectivity index (χ2v) is 5.64. The molecule has 1 rings (SSSR count). The minimum absolute atomic E-state index is 0.115. The molecule has 0 aromatic heterocycles. The Kier molecular flexibility index (Phi) is 3.44. The Bertz CT molecular complexity index is 247. The molecule has 1 N–H and O–H groups in total. The molecule has 0 aromatic rings. The van der Waals surface area contributed by atoms with Gasteiger partial charge in [-0.05, 0) is 27.7 Å². The van der Waals surface area contributed by atoms with Crippen molar-refractivity contribution in [3.63, 3.8) is 0 Å². The van der Waals surface area contributed by atoms with E-state index in [1.165, 1.54) is 0 Å². The third-order valence-corrected chi connectivity index (χ3v) is 3.11. The molecule has 0 aromatic carbocycles. The summed E-state index contributed by atoms with van der Waals surface area (Å²) in [6.07, 6.45) is 6.83. The standard InChI is InChI=1S/C12H21NO2/c1-6-7-15-10-8-11(2,3)13(14)12(4,5)9-10/h1,10,13H,7-9H2,2-5H3. The summed E-state index contributed by atoms with van der Waals surface area (Å²) in [6, 6.07) is 0. The van der Waals surface area contributed by atoms with Gasteiger partial charge in [-0.15, -0.1) is 6.42 Å². The van der Waals surface area contributed by atoms with E-state index in [0.29, 0.717) is 11.7 Å². The first-order valence-corrected chi connectivity index (χ1v) is 5.39. The average molecular weight is 211 g/mol. The molecule has 1 fully saturated rings. The van der Waals surface area contributed by atoms with Gasteiger partial charge in [0.2, 0.25) is 0 Å². The fourth-order valence-corrected chi connectivity index (χ4v) is 2.60. The smallest absolute Gasteiger partial charge is 0.107 e. The zero-order chi connectivity index (χ0) is 11.7. The first-order valence-electron chi connectivity index (χ1n) is 5.39. The van der Waals surface area contributed by atoms with Crippen molar-refractivity contribution in [1.82, 2.24) is 0 Å². The lowest BCUT2D eigenvalue weighted by molar-refractivity contribution is -0.956. The van der Waals surface area contributed by atoms with Gasteiger partial charge >= 0.3 is 0 Å². The maximum absolute atomic E-state index is 12.1. The van der Waals surface area contributed by atoms with Gasteiger partial charge in [0.15, 0.2) is 0 Å². The summed E-state index contributed by atoms with van der Waals surface area (Å²) in [5.74, 6) is 2.47. The summed E-state index contributed by atoms with van der Waals surface area (Å²) >= 11 is 0. The second-order valence-electron chi connectivity index (χ2n) is 5.64. The largest absolute Gasteiger partial charge is 0.634 e. The number of rotatable bonds is 2. The van der Waals surface area contributed by atoms with Gasteiger partial charge in [-0.25, -0.2) is 0 Å². The Labute approximate surface area is 92.4 Å². The fraction of sp³-hybridized carbons (Fsp3) is 0.833. The molecule has 0 bridgehead atoms. The van der Waals surface area contributed by atoms with Crippen LogP contribution < -0.4 is 5.06 Å². The lowest BCUT2D eigenvalue weighted by Crippen LogP contribution is -3.23. The van der Waals surface area contributed by atoms with Crippen LogP contribution in [0, 0.1) is 17.6 Å². The monoisotopic (exact) mass is 211 g/mol. The van der Waals surface area contributed by atoms with Crippen LogP contribution >= 0.6 is 0 Å². The quantitative estimate of drug-likeness (QED) is 0.540. The minimum atomic E-state index is -0.291. The van der Waals surface area contributed by atoms with Crippen molar-refractivity contribution in [2.75, 3.05) is 6.61 Å². The topological polar surface area (TPSA) is 36.7 Å². The average Bonchev–Trinajstić information content (AvgIpc) is 2.10. The Hall–Kier alpha value is -0.560. The van der Waals surface area contributed by atoms with Crippen LogP contribution in [0.4, 0.5) is 0 Å². The van der Waals surface area contributed by atoms with E-state index >= 15 is 0 Å². The fourth-order valence-electron chi connectivity index (χ4n) is 2.60. The molecule has 0 aliphatic carbocycles. The van der Waals surface area contributed by atoms with Crippen molar-refractivity contribution in [2.24, 2.45) is 0 Å². The molecule has 1 heterocycles. The molecule has 0 radical (unpaired) electrons. The van der Waals surface area contributed by atoms with Crippen molar-refractivity contribution >= 4 is 0 Å². The molecule has 86 valence electrons. The first kappa shape index (κ1) is 12.5. The van der Waals surface area contributed by atoms with Gasteiger partial charge in [0.25, 0.3) is 0 Å². The molecule has 3 nitrogen and oxygen atoms in total. The van der Waals surface area contributed by atoms with Crippen molar-refractivity contribution in [1.29, 1.82) is 0 Å². The maximum atomic E-state index is 12.1. The van der Waals surface area contributed by atoms with Crippen LogP contribution in [0.2, 0.25) is 0 Å². The molecule has 15 heavy (non-hydrogen) atoms. The molecular weight excluding hydrogens is 190 g/mol. The Morgan fingerprint density at radius 1 is 1.33 bits per heavy atom. The van der Waals surface area contributed by atoms with Crippen LogP contribution in [-0.2, 0) is 4.74 Å². The molecule has 0 amide bonds. The third kappa shape index (κ3) is 2.72. The molecule has 0 unspecified atom stereocenters. The highest BCUT2D eigenvalue weighted by atomic mass is 16.5. The number of nitrogens with one attached hydrogen (secondary N) is 1. The summed E-state index contributed by atoms with van der Waals surface area (Å²) < 4.78 is 5.56. The zero-order valence-corrected chi connectivity index (χ0v) is 10.1. The molecule has 1 aliphatic rings. The van der Waals surface area contributed by atoms with Crippen LogP contribution in [0.1, 0.15) is 40.5 Å².